The van der Waals surface area contributed by atoms with Crippen molar-refractivity contribution < 1.29 is 4.79 Å². The third kappa shape index (κ3) is 2.08. The first kappa shape index (κ1) is 13.9. The van der Waals surface area contributed by atoms with Crippen LogP contribution in [0.25, 0.3) is 11.5 Å². The van der Waals surface area contributed by atoms with E-state index in [-0.39, 0.29) is 5.91 Å². The second-order valence-corrected chi connectivity index (χ2v) is 7.53. The van der Waals surface area contributed by atoms with E-state index in [1.165, 1.54) is 4.88 Å². The number of anilines is 1. The smallest absolute Gasteiger partial charge is 0.270 e. The highest BCUT2D eigenvalue weighted by molar-refractivity contribution is 7.14. The highest BCUT2D eigenvalue weighted by Crippen LogP contribution is 2.38. The van der Waals surface area contributed by atoms with Crippen molar-refractivity contribution in [3.63, 3.8) is 0 Å². The fourth-order valence-electron chi connectivity index (χ4n) is 3.16. The summed E-state index contributed by atoms with van der Waals surface area (Å²) in [5, 5.41) is 8.25. The minimum atomic E-state index is 0.0383. The second-order valence-electron chi connectivity index (χ2n) is 6.28. The molecule has 3 aromatic rings. The SMILES string of the molecule is Cc1cc2c(s1)C(=O)N(c1cccc(-c3nncn3C3CC3)n1)C2. The number of aromatic nitrogens is 4. The Labute approximate surface area is 142 Å². The van der Waals surface area contributed by atoms with Crippen LogP contribution in [0.15, 0.2) is 30.6 Å². The van der Waals surface area contributed by atoms with Crippen LogP contribution in [0.4, 0.5) is 5.82 Å². The Hall–Kier alpha value is -2.54. The molecule has 0 atom stereocenters. The standard InChI is InChI=1S/C17H15N5OS/c1-10-7-11-8-21(17(23)15(11)24-10)14-4-2-3-13(19-14)16-20-18-9-22(16)12-5-6-12/h2-4,7,9,12H,5-6,8H2,1H3. The molecule has 2 aliphatic rings. The molecule has 7 heteroatoms. The third-order valence-electron chi connectivity index (χ3n) is 4.45. The van der Waals surface area contributed by atoms with Gasteiger partial charge in [0.25, 0.3) is 5.91 Å². The number of carbonyl (C=O) groups is 1. The molecule has 1 fully saturated rings. The Bertz CT molecular complexity index is 956. The van der Waals surface area contributed by atoms with Gasteiger partial charge in [-0.1, -0.05) is 6.07 Å². The van der Waals surface area contributed by atoms with E-state index in [0.29, 0.717) is 18.4 Å². The summed E-state index contributed by atoms with van der Waals surface area (Å²) in [5.41, 5.74) is 1.85. The minimum Gasteiger partial charge on any atom is -0.309 e. The number of carbonyl (C=O) groups excluding carboxylic acids is 1. The molecule has 5 rings (SSSR count). The molecule has 0 N–H and O–H groups in total. The van der Waals surface area contributed by atoms with Gasteiger partial charge in [-0.15, -0.1) is 21.5 Å². The molecule has 0 bridgehead atoms. The molecule has 1 amide bonds. The summed E-state index contributed by atoms with van der Waals surface area (Å²) in [5.74, 6) is 1.48. The van der Waals surface area contributed by atoms with E-state index in [1.54, 1.807) is 22.6 Å². The van der Waals surface area contributed by atoms with Crippen LogP contribution in [0.5, 0.6) is 0 Å². The van der Waals surface area contributed by atoms with Crippen LogP contribution in [0.3, 0.4) is 0 Å². The van der Waals surface area contributed by atoms with Gasteiger partial charge in [0.05, 0.1) is 11.4 Å². The predicted octanol–water partition coefficient (Wildman–Crippen LogP) is 3.21. The van der Waals surface area contributed by atoms with E-state index in [0.717, 1.165) is 34.8 Å². The average molecular weight is 337 g/mol. The summed E-state index contributed by atoms with van der Waals surface area (Å²) in [6.07, 6.45) is 4.09. The predicted molar refractivity (Wildman–Crippen MR) is 91.1 cm³/mol. The quantitative estimate of drug-likeness (QED) is 0.736. The maximum atomic E-state index is 12.7. The molecule has 0 aromatic carbocycles. The maximum absolute atomic E-state index is 12.7. The molecule has 1 saturated carbocycles. The van der Waals surface area contributed by atoms with Gasteiger partial charge in [-0.3, -0.25) is 9.69 Å². The Morgan fingerprint density at radius 1 is 1.29 bits per heavy atom. The van der Waals surface area contributed by atoms with Gasteiger partial charge >= 0.3 is 0 Å². The zero-order valence-electron chi connectivity index (χ0n) is 13.1. The lowest BCUT2D eigenvalue weighted by Gasteiger charge is -2.15. The van der Waals surface area contributed by atoms with Crippen molar-refractivity contribution >= 4 is 23.1 Å². The van der Waals surface area contributed by atoms with Crippen LogP contribution >= 0.6 is 11.3 Å². The zero-order chi connectivity index (χ0) is 16.3. The topological polar surface area (TPSA) is 63.9 Å². The molecular weight excluding hydrogens is 322 g/mol. The van der Waals surface area contributed by atoms with Crippen LogP contribution in [0, 0.1) is 6.92 Å². The Morgan fingerprint density at radius 2 is 2.17 bits per heavy atom. The van der Waals surface area contributed by atoms with E-state index in [9.17, 15) is 4.79 Å². The number of aryl methyl sites for hydroxylation is 1. The minimum absolute atomic E-state index is 0.0383. The van der Waals surface area contributed by atoms with Gasteiger partial charge in [0.1, 0.15) is 17.8 Å². The van der Waals surface area contributed by atoms with Crippen molar-refractivity contribution in [3.05, 3.63) is 45.9 Å². The number of hydrogen-bond acceptors (Lipinski definition) is 5. The molecule has 0 unspecified atom stereocenters. The lowest BCUT2D eigenvalue weighted by atomic mass is 10.3. The van der Waals surface area contributed by atoms with Crippen LogP contribution in [0.2, 0.25) is 0 Å². The van der Waals surface area contributed by atoms with Gasteiger partial charge in [0, 0.05) is 10.9 Å². The number of thiophene rings is 1. The second kappa shape index (κ2) is 4.98. The van der Waals surface area contributed by atoms with Gasteiger partial charge in [0.2, 0.25) is 0 Å². The molecule has 1 aliphatic heterocycles. The van der Waals surface area contributed by atoms with Crippen molar-refractivity contribution in [2.24, 2.45) is 0 Å². The number of nitrogens with zero attached hydrogens (tertiary/aromatic N) is 5. The van der Waals surface area contributed by atoms with Crippen LogP contribution in [0.1, 0.15) is 39.0 Å². The summed E-state index contributed by atoms with van der Waals surface area (Å²) in [4.78, 5) is 21.1. The largest absolute Gasteiger partial charge is 0.309 e. The number of fused-ring (bicyclic) bond motifs is 1. The van der Waals surface area contributed by atoms with Crippen LogP contribution in [-0.4, -0.2) is 25.7 Å². The monoisotopic (exact) mass is 337 g/mol. The van der Waals surface area contributed by atoms with E-state index < -0.39 is 0 Å². The van der Waals surface area contributed by atoms with E-state index >= 15 is 0 Å². The molecule has 4 heterocycles. The van der Waals surface area contributed by atoms with Crippen molar-refractivity contribution in [3.8, 4) is 11.5 Å². The molecule has 3 aromatic heterocycles. The number of amides is 1. The maximum Gasteiger partial charge on any atom is 0.270 e. The first-order chi connectivity index (χ1) is 11.7. The molecule has 1 aliphatic carbocycles. The normalized spacial score (nSPS) is 16.7. The van der Waals surface area contributed by atoms with Gasteiger partial charge in [-0.05, 0) is 43.5 Å². The Morgan fingerprint density at radius 3 is 2.96 bits per heavy atom. The molecule has 6 nitrogen and oxygen atoms in total. The Balaban J connectivity index is 1.51. The lowest BCUT2D eigenvalue weighted by Crippen LogP contribution is -2.24. The first-order valence-corrected chi connectivity index (χ1v) is 8.80. The fourth-order valence-corrected chi connectivity index (χ4v) is 4.13. The van der Waals surface area contributed by atoms with Crippen LogP contribution < -0.4 is 4.90 Å². The number of hydrogen-bond donors (Lipinski definition) is 0. The summed E-state index contributed by atoms with van der Waals surface area (Å²) in [7, 11) is 0. The number of rotatable bonds is 3. The molecule has 24 heavy (non-hydrogen) atoms. The Kier molecular flexibility index (Phi) is 2.87. The summed E-state index contributed by atoms with van der Waals surface area (Å²) >= 11 is 1.55. The van der Waals surface area contributed by atoms with Gasteiger partial charge in [-0.2, -0.15) is 0 Å². The highest BCUT2D eigenvalue weighted by Gasteiger charge is 2.32. The van der Waals surface area contributed by atoms with Crippen molar-refractivity contribution in [2.45, 2.75) is 32.4 Å². The third-order valence-corrected chi connectivity index (χ3v) is 5.53. The highest BCUT2D eigenvalue weighted by atomic mass is 32.1. The average Bonchev–Trinajstić information content (AvgIpc) is 3.07. The van der Waals surface area contributed by atoms with Crippen LogP contribution in [-0.2, 0) is 6.54 Å². The summed E-state index contributed by atoms with van der Waals surface area (Å²) in [6.45, 7) is 2.62. The molecule has 0 saturated heterocycles. The lowest BCUT2D eigenvalue weighted by molar-refractivity contribution is 0.0999. The fraction of sp³-hybridized carbons (Fsp3) is 0.294. The van der Waals surface area contributed by atoms with Crippen molar-refractivity contribution in [1.82, 2.24) is 19.7 Å². The summed E-state index contributed by atoms with van der Waals surface area (Å²) in [6, 6.07) is 8.30. The molecular formula is C17H15N5OS. The van der Waals surface area contributed by atoms with Crippen molar-refractivity contribution in [2.75, 3.05) is 4.90 Å². The van der Waals surface area contributed by atoms with E-state index in [2.05, 4.69) is 25.8 Å². The zero-order valence-corrected chi connectivity index (χ0v) is 14.0. The van der Waals surface area contributed by atoms with Gasteiger partial charge < -0.3 is 4.57 Å². The van der Waals surface area contributed by atoms with E-state index in [1.807, 2.05) is 25.1 Å². The van der Waals surface area contributed by atoms with E-state index in [4.69, 9.17) is 0 Å². The first-order valence-electron chi connectivity index (χ1n) is 7.99. The summed E-state index contributed by atoms with van der Waals surface area (Å²) < 4.78 is 2.08. The molecule has 0 radical (unpaired) electrons. The van der Waals surface area contributed by atoms with Gasteiger partial charge in [0.15, 0.2) is 5.82 Å². The van der Waals surface area contributed by atoms with Crippen molar-refractivity contribution in [1.29, 1.82) is 0 Å². The van der Waals surface area contributed by atoms with Gasteiger partial charge in [-0.25, -0.2) is 4.98 Å². The molecule has 0 spiro atoms. The molecule has 120 valence electrons. The number of pyridine rings is 1.